The van der Waals surface area contributed by atoms with Crippen molar-refractivity contribution in [3.8, 4) is 158 Å². The number of hydrogen-bond donors (Lipinski definition) is 0. The molecule has 0 unspecified atom stereocenters. The Morgan fingerprint density at radius 2 is 0.390 bits per heavy atom. The Balaban J connectivity index is 0.000000109. The van der Waals surface area contributed by atoms with Gasteiger partial charge in [0.05, 0.1) is 0 Å². The summed E-state index contributed by atoms with van der Waals surface area (Å²) in [6.45, 7) is 13.8. The first-order valence-corrected chi connectivity index (χ1v) is 46.2. The minimum Gasteiger partial charge on any atom is -0.456 e. The van der Waals surface area contributed by atoms with E-state index in [-0.39, 0.29) is 16.2 Å². The molecule has 18 aromatic carbocycles. The Hall–Kier alpha value is -17.4. The minimum atomic E-state index is -0.0728. The van der Waals surface area contributed by atoms with Crippen LogP contribution in [0.5, 0.6) is 0 Å². The zero-order valence-electron chi connectivity index (χ0n) is 75.4. The first kappa shape index (κ1) is 80.7. The molecule has 6 heterocycles. The van der Waals surface area contributed by atoms with E-state index in [0.29, 0.717) is 52.4 Å². The Kier molecular flexibility index (Phi) is 19.0. The predicted octanol–water partition coefficient (Wildman–Crippen LogP) is 31.7. The molecule has 0 N–H and O–H groups in total. The lowest BCUT2D eigenvalue weighted by Gasteiger charge is -2.21. The van der Waals surface area contributed by atoms with Crippen LogP contribution < -0.4 is 0 Å². The van der Waals surface area contributed by atoms with E-state index >= 15 is 0 Å². The molecule has 0 saturated heterocycles. The van der Waals surface area contributed by atoms with Crippen molar-refractivity contribution < 1.29 is 13.3 Å². The molecule has 0 radical (unpaired) electrons. The molecule has 24 aromatic rings. The van der Waals surface area contributed by atoms with E-state index in [4.69, 9.17) is 58.1 Å². The highest BCUT2D eigenvalue weighted by molar-refractivity contribution is 6.11. The molecule has 644 valence electrons. The second-order valence-corrected chi connectivity index (χ2v) is 37.1. The van der Waals surface area contributed by atoms with Gasteiger partial charge in [-0.05, 0) is 179 Å². The number of benzene rings is 18. The Labute approximate surface area is 785 Å². The first-order valence-electron chi connectivity index (χ1n) is 46.2. The van der Waals surface area contributed by atoms with E-state index in [9.17, 15) is 0 Å². The fourth-order valence-corrected chi connectivity index (χ4v) is 20.7. The highest BCUT2D eigenvalue weighted by atomic mass is 16.3. The van der Waals surface area contributed by atoms with Gasteiger partial charge in [-0.3, -0.25) is 0 Å². The second kappa shape index (κ2) is 32.0. The van der Waals surface area contributed by atoms with Crippen LogP contribution >= 0.6 is 0 Å². The topological polar surface area (TPSA) is 155 Å². The third-order valence-electron chi connectivity index (χ3n) is 27.8. The van der Waals surface area contributed by atoms with Gasteiger partial charge in [0.1, 0.15) is 33.5 Å². The van der Waals surface area contributed by atoms with Gasteiger partial charge in [0, 0.05) is 98.6 Å². The maximum Gasteiger partial charge on any atom is 0.164 e. The van der Waals surface area contributed by atoms with Crippen LogP contribution in [0.2, 0.25) is 0 Å². The Morgan fingerprint density at radius 3 is 0.772 bits per heavy atom. The van der Waals surface area contributed by atoms with E-state index in [1.165, 1.54) is 72.3 Å². The summed E-state index contributed by atoms with van der Waals surface area (Å²) in [5, 5.41) is 8.89. The summed E-state index contributed by atoms with van der Waals surface area (Å²) in [6, 6.07) is 141. The molecule has 3 aliphatic rings. The molecule has 3 aliphatic carbocycles. The summed E-state index contributed by atoms with van der Waals surface area (Å²) < 4.78 is 19.6. The van der Waals surface area contributed by atoms with Crippen LogP contribution in [0, 0.1) is 0 Å². The summed E-state index contributed by atoms with van der Waals surface area (Å²) in [5.41, 5.74) is 33.5. The molecule has 6 aromatic heterocycles. The van der Waals surface area contributed by atoms with Crippen molar-refractivity contribution >= 4 is 76.6 Å². The molecule has 0 spiro atoms. The minimum absolute atomic E-state index is 0.0691. The Bertz CT molecular complexity index is 8930. The molecule has 0 atom stereocenters. The fourth-order valence-electron chi connectivity index (χ4n) is 20.7. The van der Waals surface area contributed by atoms with Gasteiger partial charge in [0.2, 0.25) is 0 Å². The van der Waals surface area contributed by atoms with E-state index in [2.05, 4.69) is 345 Å². The average molecular weight is 1750 g/mol. The monoisotopic (exact) mass is 1750 g/mol. The van der Waals surface area contributed by atoms with Crippen molar-refractivity contribution in [1.82, 2.24) is 44.9 Å². The van der Waals surface area contributed by atoms with Crippen molar-refractivity contribution in [3.63, 3.8) is 0 Å². The standard InChI is InChI=1S/2C42H29N3O.C40H27N3O/c1-42(2)35-19-10-9-18-31(35)33-25-38-34(24-36(33)42)32-21-20-30(23-37(32)46-38)41-44-39(27-14-7-4-8-15-27)43-40(45-41)29-17-11-16-28(22-29)26-12-5-3-6-13-26;1-42(2)35-16-10-9-15-31(35)33-25-38-34(24-36(33)42)32-22-21-30(23-37(32)46-38)41-44-39(28-13-7-4-8-14-28)43-40(45-41)29-19-17-27(18-20-29)26-11-5-3-6-12-26;1-40(2)33-18-9-8-16-28(33)31-23-36-32(22-34(31)40)29-20-19-26(21-35(29)44-36)38-41-37(25-12-4-3-5-13-25)42-39(43-38)30-17-10-14-24-11-6-7-15-27(24)30/h2*3-25H,1-2H3;3-23H,1-2H3. The van der Waals surface area contributed by atoms with E-state index in [1.54, 1.807) is 0 Å². The molecule has 27 rings (SSSR count). The number of fused-ring (bicyclic) bond motifs is 19. The summed E-state index contributed by atoms with van der Waals surface area (Å²) in [4.78, 5) is 44.8. The lowest BCUT2D eigenvalue weighted by atomic mass is 9.82. The summed E-state index contributed by atoms with van der Waals surface area (Å²) in [6.07, 6.45) is 0. The van der Waals surface area contributed by atoms with Gasteiger partial charge in [0.25, 0.3) is 0 Å². The summed E-state index contributed by atoms with van der Waals surface area (Å²) >= 11 is 0. The van der Waals surface area contributed by atoms with Crippen molar-refractivity contribution in [1.29, 1.82) is 0 Å². The summed E-state index contributed by atoms with van der Waals surface area (Å²) in [5.74, 6) is 5.64. The zero-order valence-corrected chi connectivity index (χ0v) is 75.4. The van der Waals surface area contributed by atoms with Gasteiger partial charge in [-0.1, -0.05) is 369 Å². The first-order chi connectivity index (χ1) is 66.6. The maximum atomic E-state index is 6.55. The summed E-state index contributed by atoms with van der Waals surface area (Å²) in [7, 11) is 0. The number of aromatic nitrogens is 9. The molecule has 12 heteroatoms. The quantitative estimate of drug-likeness (QED) is 0.121. The van der Waals surface area contributed by atoms with Gasteiger partial charge >= 0.3 is 0 Å². The van der Waals surface area contributed by atoms with Crippen molar-refractivity contribution in [2.45, 2.75) is 57.8 Å². The number of rotatable bonds is 11. The van der Waals surface area contributed by atoms with Crippen LogP contribution in [0.25, 0.3) is 235 Å². The van der Waals surface area contributed by atoms with E-state index in [0.717, 1.165) is 143 Å². The molecule has 0 saturated carbocycles. The van der Waals surface area contributed by atoms with Crippen LogP contribution in [-0.4, -0.2) is 44.9 Å². The molecule has 0 amide bonds. The van der Waals surface area contributed by atoms with Gasteiger partial charge in [0.15, 0.2) is 52.4 Å². The molecular weight excluding hydrogens is 1660 g/mol. The lowest BCUT2D eigenvalue weighted by molar-refractivity contribution is 0.657. The van der Waals surface area contributed by atoms with Gasteiger partial charge in [-0.2, -0.15) is 0 Å². The highest BCUT2D eigenvalue weighted by Gasteiger charge is 2.40. The molecule has 0 aliphatic heterocycles. The van der Waals surface area contributed by atoms with Crippen LogP contribution in [0.4, 0.5) is 0 Å². The molecular formula is C124H85N9O3. The number of furan rings is 3. The van der Waals surface area contributed by atoms with Crippen LogP contribution in [0.1, 0.15) is 74.9 Å². The smallest absolute Gasteiger partial charge is 0.164 e. The number of hydrogen-bond acceptors (Lipinski definition) is 12. The third kappa shape index (κ3) is 13.8. The van der Waals surface area contributed by atoms with Gasteiger partial charge < -0.3 is 13.3 Å². The van der Waals surface area contributed by atoms with E-state index < -0.39 is 0 Å². The van der Waals surface area contributed by atoms with Crippen LogP contribution in [0.15, 0.2) is 420 Å². The average Bonchev–Trinajstić information content (AvgIpc) is 1.57. The van der Waals surface area contributed by atoms with Crippen molar-refractivity contribution in [2.24, 2.45) is 0 Å². The molecule has 0 fully saturated rings. The van der Waals surface area contributed by atoms with Crippen LogP contribution in [0.3, 0.4) is 0 Å². The Morgan fingerprint density at radius 1 is 0.147 bits per heavy atom. The second-order valence-electron chi connectivity index (χ2n) is 37.1. The molecule has 0 bridgehead atoms. The van der Waals surface area contributed by atoms with Gasteiger partial charge in [-0.25, -0.2) is 44.9 Å². The fraction of sp³-hybridized carbons (Fsp3) is 0.0726. The SMILES string of the molecule is CC1(C)c2ccccc2-c2cc3oc4cc(-c5nc(-c6ccccc6)nc(-c6ccc(-c7ccccc7)cc6)n5)ccc4c3cc21.CC1(C)c2ccccc2-c2cc3oc4cc(-c5nc(-c6ccccc6)nc(-c6cccc(-c7ccccc7)c6)n5)ccc4c3cc21.CC1(C)c2ccccc2-c2cc3oc4cc(-c5nc(-c6ccccc6)nc(-c6cccc7ccccc67)n5)ccc4c3cc21. The maximum absolute atomic E-state index is 6.55. The van der Waals surface area contributed by atoms with E-state index in [1.807, 2.05) is 103 Å². The number of nitrogens with zero attached hydrogens (tertiary/aromatic N) is 9. The normalized spacial score (nSPS) is 13.2. The molecule has 12 nitrogen and oxygen atoms in total. The predicted molar refractivity (Wildman–Crippen MR) is 551 cm³/mol. The molecule has 136 heavy (non-hydrogen) atoms. The largest absolute Gasteiger partial charge is 0.456 e. The lowest BCUT2D eigenvalue weighted by Crippen LogP contribution is -2.14. The van der Waals surface area contributed by atoms with Crippen LogP contribution in [-0.2, 0) is 16.2 Å². The third-order valence-corrected chi connectivity index (χ3v) is 27.8. The zero-order chi connectivity index (χ0) is 91.1. The van der Waals surface area contributed by atoms with Crippen molar-refractivity contribution in [3.05, 3.63) is 440 Å². The van der Waals surface area contributed by atoms with Gasteiger partial charge in [-0.15, -0.1) is 0 Å². The highest BCUT2D eigenvalue weighted by Crippen LogP contribution is 2.55. The van der Waals surface area contributed by atoms with Crippen molar-refractivity contribution in [2.75, 3.05) is 0 Å².